The molecule has 0 aliphatic rings. The molecule has 0 spiro atoms. The average Bonchev–Trinajstić information content (AvgIpc) is 2.43. The summed E-state index contributed by atoms with van der Waals surface area (Å²) in [5.74, 6) is 0.192. The average molecular weight is 260 g/mol. The standard InChI is InChI=1S/C16H17FO2/c1-2-4-12-7-9-14(10-8-12)19-16-13(11-18)5-3-6-15(16)17/h3,5-10,18H,2,4,11H2,1H3. The van der Waals surface area contributed by atoms with E-state index < -0.39 is 5.82 Å². The van der Waals surface area contributed by atoms with Crippen LogP contribution in [0.2, 0.25) is 0 Å². The molecule has 0 radical (unpaired) electrons. The summed E-state index contributed by atoms with van der Waals surface area (Å²) < 4.78 is 19.2. The molecule has 0 aliphatic heterocycles. The molecule has 0 bridgehead atoms. The van der Waals surface area contributed by atoms with Crippen molar-refractivity contribution >= 4 is 0 Å². The van der Waals surface area contributed by atoms with Crippen molar-refractivity contribution in [2.24, 2.45) is 0 Å². The molecule has 100 valence electrons. The van der Waals surface area contributed by atoms with Gasteiger partial charge in [0.25, 0.3) is 0 Å². The van der Waals surface area contributed by atoms with Crippen molar-refractivity contribution < 1.29 is 14.2 Å². The quantitative estimate of drug-likeness (QED) is 0.878. The van der Waals surface area contributed by atoms with Crippen molar-refractivity contribution in [1.82, 2.24) is 0 Å². The second-order valence-electron chi connectivity index (χ2n) is 4.38. The summed E-state index contributed by atoms with van der Waals surface area (Å²) in [6, 6.07) is 12.1. The molecule has 0 aromatic heterocycles. The lowest BCUT2D eigenvalue weighted by atomic mass is 10.1. The molecule has 0 amide bonds. The molecule has 2 nitrogen and oxygen atoms in total. The Morgan fingerprint density at radius 2 is 1.84 bits per heavy atom. The first kappa shape index (κ1) is 13.6. The van der Waals surface area contributed by atoms with Crippen LogP contribution in [0.15, 0.2) is 42.5 Å². The van der Waals surface area contributed by atoms with E-state index in [1.54, 1.807) is 12.1 Å². The molecule has 0 atom stereocenters. The Labute approximate surface area is 112 Å². The highest BCUT2D eigenvalue weighted by Crippen LogP contribution is 2.28. The second-order valence-corrected chi connectivity index (χ2v) is 4.38. The van der Waals surface area contributed by atoms with E-state index in [0.29, 0.717) is 11.3 Å². The molecule has 19 heavy (non-hydrogen) atoms. The molecule has 0 aliphatic carbocycles. The topological polar surface area (TPSA) is 29.5 Å². The van der Waals surface area contributed by atoms with Crippen LogP contribution >= 0.6 is 0 Å². The van der Waals surface area contributed by atoms with Gasteiger partial charge in [0.1, 0.15) is 5.75 Å². The Bertz CT molecular complexity index is 535. The van der Waals surface area contributed by atoms with Crippen LogP contribution in [0.5, 0.6) is 11.5 Å². The number of halogens is 1. The van der Waals surface area contributed by atoms with Gasteiger partial charge < -0.3 is 9.84 Å². The van der Waals surface area contributed by atoms with Gasteiger partial charge in [-0.3, -0.25) is 0 Å². The minimum atomic E-state index is -0.468. The van der Waals surface area contributed by atoms with Crippen LogP contribution in [0.25, 0.3) is 0 Å². The van der Waals surface area contributed by atoms with Crippen molar-refractivity contribution in [3.05, 3.63) is 59.4 Å². The number of hydrogen-bond acceptors (Lipinski definition) is 2. The van der Waals surface area contributed by atoms with E-state index in [9.17, 15) is 9.50 Å². The number of ether oxygens (including phenoxy) is 1. The third-order valence-corrected chi connectivity index (χ3v) is 2.90. The maximum Gasteiger partial charge on any atom is 0.168 e. The van der Waals surface area contributed by atoms with E-state index in [1.807, 2.05) is 24.3 Å². The zero-order chi connectivity index (χ0) is 13.7. The molecule has 0 saturated carbocycles. The van der Waals surface area contributed by atoms with Crippen LogP contribution in [0.3, 0.4) is 0 Å². The summed E-state index contributed by atoms with van der Waals surface area (Å²) in [4.78, 5) is 0. The van der Waals surface area contributed by atoms with Crippen LogP contribution in [-0.2, 0) is 13.0 Å². The number of aryl methyl sites for hydroxylation is 1. The number of aliphatic hydroxyl groups is 1. The molecular weight excluding hydrogens is 243 g/mol. The number of rotatable bonds is 5. The zero-order valence-corrected chi connectivity index (χ0v) is 10.9. The monoisotopic (exact) mass is 260 g/mol. The highest BCUT2D eigenvalue weighted by molar-refractivity contribution is 5.39. The van der Waals surface area contributed by atoms with Crippen molar-refractivity contribution in [2.45, 2.75) is 26.4 Å². The van der Waals surface area contributed by atoms with Gasteiger partial charge in [0.15, 0.2) is 11.6 Å². The zero-order valence-electron chi connectivity index (χ0n) is 10.9. The fraction of sp³-hybridized carbons (Fsp3) is 0.250. The van der Waals surface area contributed by atoms with Crippen molar-refractivity contribution in [3.8, 4) is 11.5 Å². The minimum Gasteiger partial charge on any atom is -0.454 e. The molecule has 0 saturated heterocycles. The fourth-order valence-corrected chi connectivity index (χ4v) is 1.92. The predicted octanol–water partition coefficient (Wildman–Crippen LogP) is 4.06. The van der Waals surface area contributed by atoms with E-state index in [0.717, 1.165) is 12.8 Å². The smallest absolute Gasteiger partial charge is 0.168 e. The van der Waals surface area contributed by atoms with Gasteiger partial charge in [-0.05, 0) is 30.2 Å². The van der Waals surface area contributed by atoms with Gasteiger partial charge in [0.2, 0.25) is 0 Å². The van der Waals surface area contributed by atoms with Gasteiger partial charge in [-0.2, -0.15) is 0 Å². The lowest BCUT2D eigenvalue weighted by molar-refractivity contribution is 0.274. The van der Waals surface area contributed by atoms with Crippen LogP contribution in [0.1, 0.15) is 24.5 Å². The van der Waals surface area contributed by atoms with Gasteiger partial charge in [-0.1, -0.05) is 37.6 Å². The van der Waals surface area contributed by atoms with E-state index in [-0.39, 0.29) is 12.4 Å². The third kappa shape index (κ3) is 3.32. The van der Waals surface area contributed by atoms with Crippen molar-refractivity contribution in [1.29, 1.82) is 0 Å². The Morgan fingerprint density at radius 3 is 2.47 bits per heavy atom. The van der Waals surface area contributed by atoms with Gasteiger partial charge in [0, 0.05) is 5.56 Å². The summed E-state index contributed by atoms with van der Waals surface area (Å²) in [6.07, 6.45) is 2.10. The summed E-state index contributed by atoms with van der Waals surface area (Å²) in [5, 5.41) is 9.19. The van der Waals surface area contributed by atoms with E-state index in [1.165, 1.54) is 11.6 Å². The number of benzene rings is 2. The van der Waals surface area contributed by atoms with Gasteiger partial charge in [-0.15, -0.1) is 0 Å². The van der Waals surface area contributed by atoms with E-state index in [4.69, 9.17) is 4.74 Å². The Balaban J connectivity index is 2.21. The molecular formula is C16H17FO2. The fourth-order valence-electron chi connectivity index (χ4n) is 1.92. The van der Waals surface area contributed by atoms with Crippen molar-refractivity contribution in [3.63, 3.8) is 0 Å². The predicted molar refractivity (Wildman–Crippen MR) is 72.8 cm³/mol. The maximum atomic E-state index is 13.7. The maximum absolute atomic E-state index is 13.7. The largest absolute Gasteiger partial charge is 0.454 e. The number of aliphatic hydroxyl groups excluding tert-OH is 1. The molecule has 0 heterocycles. The third-order valence-electron chi connectivity index (χ3n) is 2.90. The molecule has 0 unspecified atom stereocenters. The highest BCUT2D eigenvalue weighted by atomic mass is 19.1. The summed E-state index contributed by atoms with van der Waals surface area (Å²) >= 11 is 0. The first-order valence-corrected chi connectivity index (χ1v) is 6.39. The molecule has 2 aromatic rings. The normalized spacial score (nSPS) is 10.5. The Morgan fingerprint density at radius 1 is 1.11 bits per heavy atom. The second kappa shape index (κ2) is 6.34. The van der Waals surface area contributed by atoms with Gasteiger partial charge in [0.05, 0.1) is 6.61 Å². The molecule has 1 N–H and O–H groups in total. The Hall–Kier alpha value is -1.87. The van der Waals surface area contributed by atoms with Crippen LogP contribution < -0.4 is 4.74 Å². The number of para-hydroxylation sites is 1. The molecule has 0 fully saturated rings. The lowest BCUT2D eigenvalue weighted by Gasteiger charge is -2.11. The lowest BCUT2D eigenvalue weighted by Crippen LogP contribution is -1.95. The minimum absolute atomic E-state index is 0.0910. The van der Waals surface area contributed by atoms with Crippen molar-refractivity contribution in [2.75, 3.05) is 0 Å². The van der Waals surface area contributed by atoms with Gasteiger partial charge in [-0.25, -0.2) is 4.39 Å². The molecule has 2 aromatic carbocycles. The van der Waals surface area contributed by atoms with Gasteiger partial charge >= 0.3 is 0 Å². The Kier molecular flexibility index (Phi) is 4.53. The van der Waals surface area contributed by atoms with E-state index >= 15 is 0 Å². The first-order valence-electron chi connectivity index (χ1n) is 6.39. The summed E-state index contributed by atoms with van der Waals surface area (Å²) in [6.45, 7) is 1.87. The van der Waals surface area contributed by atoms with Crippen LogP contribution in [0.4, 0.5) is 4.39 Å². The summed E-state index contributed by atoms with van der Waals surface area (Å²) in [5.41, 5.74) is 1.67. The highest BCUT2D eigenvalue weighted by Gasteiger charge is 2.10. The van der Waals surface area contributed by atoms with E-state index in [2.05, 4.69) is 6.92 Å². The van der Waals surface area contributed by atoms with Crippen LogP contribution in [-0.4, -0.2) is 5.11 Å². The SMILES string of the molecule is CCCc1ccc(Oc2c(F)cccc2CO)cc1. The molecule has 3 heteroatoms. The summed E-state index contributed by atoms with van der Waals surface area (Å²) in [7, 11) is 0. The number of hydrogen-bond donors (Lipinski definition) is 1. The molecule has 2 rings (SSSR count). The first-order chi connectivity index (χ1) is 9.24. The van der Waals surface area contributed by atoms with Crippen LogP contribution in [0, 0.1) is 5.82 Å².